The van der Waals surface area contributed by atoms with Gasteiger partial charge in [0.25, 0.3) is 0 Å². The van der Waals surface area contributed by atoms with Crippen LogP contribution in [-0.4, -0.2) is 16.7 Å². The van der Waals surface area contributed by atoms with Crippen LogP contribution in [0.3, 0.4) is 0 Å². The molecule has 22 heavy (non-hydrogen) atoms. The van der Waals surface area contributed by atoms with E-state index in [0.717, 1.165) is 0 Å². The molecule has 3 rings (SSSR count). The Labute approximate surface area is 137 Å². The van der Waals surface area contributed by atoms with Gasteiger partial charge in [0.2, 0.25) is 0 Å². The fourth-order valence-corrected chi connectivity index (χ4v) is 3.33. The Balaban J connectivity index is 2.10. The van der Waals surface area contributed by atoms with E-state index in [1.807, 2.05) is 5.38 Å². The molecule has 3 aromatic rings. The van der Waals surface area contributed by atoms with Crippen LogP contribution in [0.25, 0.3) is 0 Å². The van der Waals surface area contributed by atoms with Crippen molar-refractivity contribution >= 4 is 22.9 Å². The molecule has 1 unspecified atom stereocenters. The maximum atomic E-state index is 16.1. The summed E-state index contributed by atoms with van der Waals surface area (Å²) < 4.78 is 23.1. The number of alkyl halides is 1. The molecule has 0 aliphatic carbocycles. The minimum Gasteiger partial charge on any atom is -0.487 e. The Hall–Kier alpha value is -1.85. The van der Waals surface area contributed by atoms with Gasteiger partial charge in [-0.3, -0.25) is 0 Å². The van der Waals surface area contributed by atoms with Crippen molar-refractivity contribution in [2.75, 3.05) is 7.11 Å². The van der Waals surface area contributed by atoms with Gasteiger partial charge in [0.1, 0.15) is 0 Å². The number of hydrogen-bond donors (Lipinski definition) is 0. The third-order valence-electron chi connectivity index (χ3n) is 3.50. The zero-order valence-corrected chi connectivity index (χ0v) is 13.4. The number of imidazole rings is 1. The van der Waals surface area contributed by atoms with Gasteiger partial charge in [-0.25, -0.2) is 9.37 Å². The molecule has 0 saturated heterocycles. The van der Waals surface area contributed by atoms with Gasteiger partial charge in [0.15, 0.2) is 10.7 Å². The molecule has 0 aliphatic rings. The average Bonchev–Trinajstić information content (AvgIpc) is 3.18. The van der Waals surface area contributed by atoms with Gasteiger partial charge >= 0.3 is 0 Å². The van der Waals surface area contributed by atoms with Crippen molar-refractivity contribution in [1.82, 2.24) is 9.55 Å². The zero-order chi connectivity index (χ0) is 15.6. The molecule has 0 spiro atoms. The second-order valence-corrected chi connectivity index (χ2v) is 6.18. The third-order valence-corrected chi connectivity index (χ3v) is 4.63. The molecule has 6 heteroatoms. The molecule has 0 saturated carbocycles. The van der Waals surface area contributed by atoms with Gasteiger partial charge < -0.3 is 9.30 Å². The lowest BCUT2D eigenvalue weighted by Crippen LogP contribution is -2.27. The summed E-state index contributed by atoms with van der Waals surface area (Å²) in [5.74, 6) is 0. The molecule has 0 bridgehead atoms. The van der Waals surface area contributed by atoms with E-state index in [-0.39, 0.29) is 6.54 Å². The Morgan fingerprint density at radius 3 is 2.73 bits per heavy atom. The Kier molecular flexibility index (Phi) is 4.18. The molecule has 0 fully saturated rings. The molecular weight excluding hydrogens is 323 g/mol. The number of thiophene rings is 1. The highest BCUT2D eigenvalue weighted by Gasteiger charge is 2.38. The van der Waals surface area contributed by atoms with Crippen molar-refractivity contribution in [2.24, 2.45) is 0 Å². The SMILES string of the molecule is COc1sccc1C(F)(Cn1ccnc1)c1ccc(Cl)cc1. The van der Waals surface area contributed by atoms with Crippen molar-refractivity contribution < 1.29 is 9.13 Å². The fourth-order valence-electron chi connectivity index (χ4n) is 2.43. The molecular formula is C16H14ClFN2OS. The lowest BCUT2D eigenvalue weighted by Gasteiger charge is -2.26. The van der Waals surface area contributed by atoms with Crippen LogP contribution >= 0.6 is 22.9 Å². The van der Waals surface area contributed by atoms with Gasteiger partial charge in [0, 0.05) is 23.0 Å². The first-order valence-electron chi connectivity index (χ1n) is 6.66. The van der Waals surface area contributed by atoms with Crippen LogP contribution in [0.1, 0.15) is 11.1 Å². The van der Waals surface area contributed by atoms with Crippen molar-refractivity contribution in [3.05, 3.63) is 70.6 Å². The Morgan fingerprint density at radius 1 is 1.32 bits per heavy atom. The normalized spacial score (nSPS) is 13.8. The number of benzene rings is 1. The summed E-state index contributed by atoms with van der Waals surface area (Å²) in [5.41, 5.74) is -0.685. The molecule has 114 valence electrons. The molecule has 2 aromatic heterocycles. The average molecular weight is 337 g/mol. The van der Waals surface area contributed by atoms with E-state index >= 15 is 4.39 Å². The minimum absolute atomic E-state index is 0.113. The molecule has 1 aromatic carbocycles. The number of halogens is 2. The highest BCUT2D eigenvalue weighted by Crippen LogP contribution is 2.43. The number of hydrogen-bond acceptors (Lipinski definition) is 3. The van der Waals surface area contributed by atoms with Gasteiger partial charge in [0.05, 0.1) is 20.0 Å². The summed E-state index contributed by atoms with van der Waals surface area (Å²) >= 11 is 7.30. The molecule has 0 amide bonds. The van der Waals surface area contributed by atoms with E-state index in [0.29, 0.717) is 21.2 Å². The molecule has 0 aliphatic heterocycles. The number of rotatable bonds is 5. The number of aromatic nitrogens is 2. The first kappa shape index (κ1) is 15.1. The van der Waals surface area contributed by atoms with Crippen LogP contribution in [0.4, 0.5) is 4.39 Å². The minimum atomic E-state index is -1.73. The number of nitrogens with zero attached hydrogens (tertiary/aromatic N) is 2. The van der Waals surface area contributed by atoms with Crippen LogP contribution < -0.4 is 4.74 Å². The van der Waals surface area contributed by atoms with Crippen molar-refractivity contribution in [2.45, 2.75) is 12.2 Å². The third kappa shape index (κ3) is 2.74. The van der Waals surface area contributed by atoms with Gasteiger partial charge in [-0.05, 0) is 29.1 Å². The number of ether oxygens (including phenoxy) is 1. The lowest BCUT2D eigenvalue weighted by atomic mass is 9.89. The van der Waals surface area contributed by atoms with Gasteiger partial charge in [-0.15, -0.1) is 11.3 Å². The molecule has 0 radical (unpaired) electrons. The lowest BCUT2D eigenvalue weighted by molar-refractivity contribution is 0.185. The van der Waals surface area contributed by atoms with Gasteiger partial charge in [-0.1, -0.05) is 23.7 Å². The molecule has 2 heterocycles. The summed E-state index contributed by atoms with van der Waals surface area (Å²) in [5, 5.41) is 2.97. The number of methoxy groups -OCH3 is 1. The van der Waals surface area contributed by atoms with E-state index in [2.05, 4.69) is 4.98 Å². The maximum absolute atomic E-state index is 16.1. The van der Waals surface area contributed by atoms with Gasteiger partial charge in [-0.2, -0.15) is 0 Å². The monoisotopic (exact) mass is 336 g/mol. The molecule has 3 nitrogen and oxygen atoms in total. The van der Waals surface area contributed by atoms with E-state index in [1.54, 1.807) is 60.7 Å². The second kappa shape index (κ2) is 6.10. The maximum Gasteiger partial charge on any atom is 0.183 e. The summed E-state index contributed by atoms with van der Waals surface area (Å²) in [7, 11) is 1.55. The van der Waals surface area contributed by atoms with Crippen LogP contribution in [0.5, 0.6) is 5.06 Å². The summed E-state index contributed by atoms with van der Waals surface area (Å²) in [4.78, 5) is 3.98. The smallest absolute Gasteiger partial charge is 0.183 e. The largest absolute Gasteiger partial charge is 0.487 e. The predicted molar refractivity (Wildman–Crippen MR) is 86.4 cm³/mol. The van der Waals surface area contributed by atoms with E-state index in [4.69, 9.17) is 16.3 Å². The van der Waals surface area contributed by atoms with Crippen LogP contribution in [0, 0.1) is 0 Å². The van der Waals surface area contributed by atoms with E-state index in [9.17, 15) is 0 Å². The highest BCUT2D eigenvalue weighted by molar-refractivity contribution is 7.12. The van der Waals surface area contributed by atoms with E-state index < -0.39 is 5.67 Å². The standard InChI is InChI=1S/C16H14ClFN2OS/c1-21-15-14(6-9-22-15)16(18,10-20-8-7-19-11-20)12-2-4-13(17)5-3-12/h2-9,11H,10H2,1H3. The second-order valence-electron chi connectivity index (χ2n) is 4.87. The Bertz CT molecular complexity index is 742. The topological polar surface area (TPSA) is 27.1 Å². The molecule has 1 atom stereocenters. The first-order chi connectivity index (χ1) is 10.6. The summed E-state index contributed by atoms with van der Waals surface area (Å²) in [6.07, 6.45) is 4.97. The van der Waals surface area contributed by atoms with Crippen LogP contribution in [0.15, 0.2) is 54.4 Å². The first-order valence-corrected chi connectivity index (χ1v) is 7.92. The summed E-state index contributed by atoms with van der Waals surface area (Å²) in [6.45, 7) is 0.113. The van der Waals surface area contributed by atoms with Crippen molar-refractivity contribution in [1.29, 1.82) is 0 Å². The summed E-state index contributed by atoms with van der Waals surface area (Å²) in [6, 6.07) is 8.55. The quantitative estimate of drug-likeness (QED) is 0.685. The molecule has 0 N–H and O–H groups in total. The zero-order valence-electron chi connectivity index (χ0n) is 11.9. The van der Waals surface area contributed by atoms with Crippen LogP contribution in [-0.2, 0) is 12.2 Å². The fraction of sp³-hybridized carbons (Fsp3) is 0.188. The van der Waals surface area contributed by atoms with Crippen LogP contribution in [0.2, 0.25) is 5.02 Å². The predicted octanol–water partition coefficient (Wildman–Crippen LogP) is 4.52. The highest BCUT2D eigenvalue weighted by atomic mass is 35.5. The Morgan fingerprint density at radius 2 is 2.09 bits per heavy atom. The van der Waals surface area contributed by atoms with Crippen molar-refractivity contribution in [3.63, 3.8) is 0 Å². The van der Waals surface area contributed by atoms with E-state index in [1.165, 1.54) is 11.3 Å². The van der Waals surface area contributed by atoms with Crippen molar-refractivity contribution in [3.8, 4) is 5.06 Å².